The van der Waals surface area contributed by atoms with Gasteiger partial charge in [0, 0.05) is 27.1 Å². The van der Waals surface area contributed by atoms with Gasteiger partial charge >= 0.3 is 0 Å². The van der Waals surface area contributed by atoms with Crippen LogP contribution in [0.1, 0.15) is 6.42 Å². The summed E-state index contributed by atoms with van der Waals surface area (Å²) in [6.45, 7) is 0.534. The average Bonchev–Trinajstić information content (AvgIpc) is 2.81. The van der Waals surface area contributed by atoms with Crippen molar-refractivity contribution < 1.29 is 9.21 Å². The highest BCUT2D eigenvalue weighted by Gasteiger charge is 2.12. The Hall–Kier alpha value is -2.24. The Labute approximate surface area is 105 Å². The van der Waals surface area contributed by atoms with Crippen LogP contribution >= 0.6 is 0 Å². The molecule has 1 amide bonds. The predicted octanol–water partition coefficient (Wildman–Crippen LogP) is 0.982. The van der Waals surface area contributed by atoms with Crippen LogP contribution in [0, 0.1) is 0 Å². The number of hydrogen-bond acceptors (Lipinski definition) is 5. The maximum Gasteiger partial charge on any atom is 0.298 e. The number of rotatable bonds is 4. The number of para-hydroxylation sites is 1. The van der Waals surface area contributed by atoms with E-state index in [1.807, 2.05) is 19.2 Å². The number of nitrogen functional groups attached to an aromatic ring is 1. The number of anilines is 2. The molecule has 0 radical (unpaired) electrons. The molecule has 1 heterocycles. The second-order valence-corrected chi connectivity index (χ2v) is 4.04. The monoisotopic (exact) mass is 248 g/mol. The number of nitrogens with zero attached hydrogens (tertiary/aromatic N) is 2. The molecule has 6 nitrogen and oxygen atoms in total. The molecule has 0 unspecified atom stereocenters. The van der Waals surface area contributed by atoms with E-state index in [9.17, 15) is 4.79 Å². The van der Waals surface area contributed by atoms with Crippen molar-refractivity contribution >= 4 is 28.7 Å². The maximum absolute atomic E-state index is 11.2. The van der Waals surface area contributed by atoms with Gasteiger partial charge in [0.2, 0.25) is 5.91 Å². The number of amides is 1. The molecule has 6 heteroatoms. The number of benzene rings is 1. The van der Waals surface area contributed by atoms with Gasteiger partial charge in [0.15, 0.2) is 5.58 Å². The molecular weight excluding hydrogens is 232 g/mol. The Morgan fingerprint density at radius 3 is 3.00 bits per heavy atom. The zero-order valence-corrected chi connectivity index (χ0v) is 10.4. The summed E-state index contributed by atoms with van der Waals surface area (Å²) in [5.74, 6) is -0.0162. The van der Waals surface area contributed by atoms with E-state index in [4.69, 9.17) is 10.2 Å². The second kappa shape index (κ2) is 4.95. The molecule has 2 rings (SSSR count). The van der Waals surface area contributed by atoms with Crippen molar-refractivity contribution in [3.05, 3.63) is 18.2 Å². The highest BCUT2D eigenvalue weighted by Crippen LogP contribution is 2.25. The van der Waals surface area contributed by atoms with Crippen LogP contribution in [0.3, 0.4) is 0 Å². The Morgan fingerprint density at radius 2 is 2.33 bits per heavy atom. The van der Waals surface area contributed by atoms with Gasteiger partial charge in [-0.15, -0.1) is 0 Å². The van der Waals surface area contributed by atoms with Crippen LogP contribution in [0.25, 0.3) is 11.1 Å². The third-order valence-corrected chi connectivity index (χ3v) is 2.72. The molecule has 0 aliphatic carbocycles. The first-order valence-corrected chi connectivity index (χ1v) is 5.68. The number of carbonyl (C=O) groups excluding carboxylic acids is 1. The molecule has 18 heavy (non-hydrogen) atoms. The van der Waals surface area contributed by atoms with E-state index in [2.05, 4.69) is 10.3 Å². The van der Waals surface area contributed by atoms with Crippen molar-refractivity contribution in [2.45, 2.75) is 6.42 Å². The summed E-state index contributed by atoms with van der Waals surface area (Å²) in [5.41, 5.74) is 7.70. The largest absolute Gasteiger partial charge is 0.423 e. The van der Waals surface area contributed by atoms with E-state index >= 15 is 0 Å². The molecule has 0 spiro atoms. The molecule has 96 valence electrons. The predicted molar refractivity (Wildman–Crippen MR) is 70.4 cm³/mol. The first-order chi connectivity index (χ1) is 8.61. The number of hydrogen-bond donors (Lipinski definition) is 2. The quantitative estimate of drug-likeness (QED) is 0.788. The van der Waals surface area contributed by atoms with Crippen molar-refractivity contribution in [2.75, 3.05) is 31.3 Å². The second-order valence-electron chi connectivity index (χ2n) is 4.04. The van der Waals surface area contributed by atoms with Crippen molar-refractivity contribution in [2.24, 2.45) is 0 Å². The minimum atomic E-state index is -0.0162. The van der Waals surface area contributed by atoms with Crippen molar-refractivity contribution in [3.8, 4) is 0 Å². The van der Waals surface area contributed by atoms with Gasteiger partial charge in [0.05, 0.1) is 5.69 Å². The van der Waals surface area contributed by atoms with Crippen LogP contribution in [-0.2, 0) is 4.79 Å². The van der Waals surface area contributed by atoms with Gasteiger partial charge < -0.3 is 20.4 Å². The Bertz CT molecular complexity index is 564. The number of carbonyl (C=O) groups is 1. The number of aromatic nitrogens is 1. The van der Waals surface area contributed by atoms with E-state index in [0.29, 0.717) is 35.8 Å². The maximum atomic E-state index is 11.2. The van der Waals surface area contributed by atoms with E-state index in [1.54, 1.807) is 18.0 Å². The van der Waals surface area contributed by atoms with Gasteiger partial charge in [-0.2, -0.15) is 4.98 Å². The van der Waals surface area contributed by atoms with Crippen LogP contribution in [0.2, 0.25) is 0 Å². The molecule has 3 N–H and O–H groups in total. The molecule has 0 atom stereocenters. The van der Waals surface area contributed by atoms with Gasteiger partial charge in [0.25, 0.3) is 6.01 Å². The Balaban J connectivity index is 2.15. The molecule has 0 bridgehead atoms. The summed E-state index contributed by atoms with van der Waals surface area (Å²) in [7, 11) is 3.44. The fraction of sp³-hybridized carbons (Fsp3) is 0.333. The third kappa shape index (κ3) is 2.37. The van der Waals surface area contributed by atoms with Gasteiger partial charge in [0.1, 0.15) is 5.52 Å². The number of nitrogens with two attached hydrogens (primary N) is 1. The van der Waals surface area contributed by atoms with Crippen LogP contribution in [-0.4, -0.2) is 31.5 Å². The summed E-state index contributed by atoms with van der Waals surface area (Å²) < 4.78 is 5.58. The lowest BCUT2D eigenvalue weighted by Gasteiger charge is -2.12. The Morgan fingerprint density at radius 1 is 1.56 bits per heavy atom. The lowest BCUT2D eigenvalue weighted by Crippen LogP contribution is -2.26. The summed E-state index contributed by atoms with van der Waals surface area (Å²) in [4.78, 5) is 17.3. The topological polar surface area (TPSA) is 84.4 Å². The van der Waals surface area contributed by atoms with Gasteiger partial charge in [-0.05, 0) is 12.1 Å². The minimum Gasteiger partial charge on any atom is -0.423 e. The van der Waals surface area contributed by atoms with Crippen LogP contribution in [0.15, 0.2) is 22.6 Å². The molecule has 0 fully saturated rings. The third-order valence-electron chi connectivity index (χ3n) is 2.72. The smallest absolute Gasteiger partial charge is 0.298 e. The first-order valence-electron chi connectivity index (χ1n) is 5.68. The fourth-order valence-electron chi connectivity index (χ4n) is 1.61. The fourth-order valence-corrected chi connectivity index (χ4v) is 1.61. The SMILES string of the molecule is CNC(=O)CCN(C)c1nc2c(N)cccc2o1. The van der Waals surface area contributed by atoms with Crippen molar-refractivity contribution in [3.63, 3.8) is 0 Å². The number of oxazole rings is 1. The van der Waals surface area contributed by atoms with Gasteiger partial charge in [-0.3, -0.25) is 4.79 Å². The number of nitrogens with one attached hydrogen (secondary N) is 1. The summed E-state index contributed by atoms with van der Waals surface area (Å²) >= 11 is 0. The normalized spacial score (nSPS) is 10.6. The average molecular weight is 248 g/mol. The molecule has 0 aliphatic rings. The van der Waals surface area contributed by atoms with Crippen LogP contribution in [0.4, 0.5) is 11.7 Å². The standard InChI is InChI=1S/C12H16N4O2/c1-14-10(17)6-7-16(2)12-15-11-8(13)4-3-5-9(11)18-12/h3-5H,6-7,13H2,1-2H3,(H,14,17). The Kier molecular flexibility index (Phi) is 3.36. The van der Waals surface area contributed by atoms with Crippen LogP contribution in [0.5, 0.6) is 0 Å². The summed E-state index contributed by atoms with van der Waals surface area (Å²) in [6.07, 6.45) is 0.390. The summed E-state index contributed by atoms with van der Waals surface area (Å²) in [5, 5.41) is 2.57. The van der Waals surface area contributed by atoms with E-state index in [1.165, 1.54) is 0 Å². The van der Waals surface area contributed by atoms with Crippen LogP contribution < -0.4 is 16.0 Å². The molecule has 1 aromatic carbocycles. The number of fused-ring (bicyclic) bond motifs is 1. The molecule has 0 saturated heterocycles. The van der Waals surface area contributed by atoms with E-state index in [-0.39, 0.29) is 5.91 Å². The van der Waals surface area contributed by atoms with E-state index < -0.39 is 0 Å². The minimum absolute atomic E-state index is 0.0162. The lowest BCUT2D eigenvalue weighted by molar-refractivity contribution is -0.120. The molecule has 1 aromatic heterocycles. The zero-order chi connectivity index (χ0) is 13.1. The van der Waals surface area contributed by atoms with Crippen molar-refractivity contribution in [1.82, 2.24) is 10.3 Å². The highest BCUT2D eigenvalue weighted by molar-refractivity contribution is 5.86. The van der Waals surface area contributed by atoms with Crippen molar-refractivity contribution in [1.29, 1.82) is 0 Å². The lowest BCUT2D eigenvalue weighted by atomic mass is 10.3. The molecule has 0 saturated carbocycles. The highest BCUT2D eigenvalue weighted by atomic mass is 16.4. The summed E-state index contributed by atoms with van der Waals surface area (Å²) in [6, 6.07) is 5.87. The zero-order valence-electron chi connectivity index (χ0n) is 10.4. The first kappa shape index (κ1) is 12.2. The van der Waals surface area contributed by atoms with Gasteiger partial charge in [-0.25, -0.2) is 0 Å². The molecule has 2 aromatic rings. The van der Waals surface area contributed by atoms with E-state index in [0.717, 1.165) is 0 Å². The molecule has 0 aliphatic heterocycles. The molecular formula is C12H16N4O2. The van der Waals surface area contributed by atoms with Gasteiger partial charge in [-0.1, -0.05) is 6.07 Å².